The Morgan fingerprint density at radius 1 is 1.10 bits per heavy atom. The molecule has 1 aromatic rings. The van der Waals surface area contributed by atoms with Gasteiger partial charge in [0, 0.05) is 18.7 Å². The monoisotopic (exact) mass is 429 g/mol. The molecule has 29 heavy (non-hydrogen) atoms. The highest BCUT2D eigenvalue weighted by Crippen LogP contribution is 2.46. The summed E-state index contributed by atoms with van der Waals surface area (Å²) >= 11 is 0. The van der Waals surface area contributed by atoms with E-state index in [0.717, 1.165) is 31.2 Å². The molecule has 7 nitrogen and oxygen atoms in total. The summed E-state index contributed by atoms with van der Waals surface area (Å²) in [6.45, 7) is 2.18. The van der Waals surface area contributed by atoms with E-state index in [-0.39, 0.29) is 18.7 Å². The van der Waals surface area contributed by atoms with Gasteiger partial charge >= 0.3 is 0 Å². The number of aliphatic hydroxyl groups is 1. The number of benzene rings is 1. The molecule has 0 radical (unpaired) electrons. The Hall–Kier alpha value is -1.27. The molecule has 3 N–H and O–H groups in total. The molecule has 166 valence electrons. The molecule has 0 amide bonds. The van der Waals surface area contributed by atoms with Crippen LogP contribution >= 0.6 is 7.37 Å². The summed E-state index contributed by atoms with van der Waals surface area (Å²) in [6.07, 6.45) is 4.93. The van der Waals surface area contributed by atoms with Crippen molar-refractivity contribution in [2.75, 3.05) is 40.2 Å². The normalized spacial score (nSPS) is 19.2. The van der Waals surface area contributed by atoms with Crippen molar-refractivity contribution in [2.45, 2.75) is 51.2 Å². The van der Waals surface area contributed by atoms with E-state index in [1.807, 2.05) is 19.1 Å². The van der Waals surface area contributed by atoms with Crippen molar-refractivity contribution >= 4 is 7.37 Å². The number of methoxy groups -OCH3 is 3. The van der Waals surface area contributed by atoms with Crippen LogP contribution in [-0.4, -0.2) is 56.3 Å². The SMILES string of the molecule is COc1cc(C(C)NC[C@H](O)CP(=O)(O)CC2CCCCC2)cc(OC)c1OC. The molecule has 1 saturated carbocycles. The van der Waals surface area contributed by atoms with Gasteiger partial charge in [0.1, 0.15) is 0 Å². The molecule has 0 aromatic heterocycles. The highest BCUT2D eigenvalue weighted by Gasteiger charge is 2.28. The second-order valence-electron chi connectivity index (χ2n) is 7.96. The third-order valence-electron chi connectivity index (χ3n) is 5.61. The predicted molar refractivity (Wildman–Crippen MR) is 115 cm³/mol. The quantitative estimate of drug-likeness (QED) is 0.463. The maximum atomic E-state index is 12.6. The van der Waals surface area contributed by atoms with Crippen LogP contribution in [0.3, 0.4) is 0 Å². The van der Waals surface area contributed by atoms with Crippen LogP contribution < -0.4 is 19.5 Å². The van der Waals surface area contributed by atoms with Gasteiger partial charge in [-0.15, -0.1) is 0 Å². The van der Waals surface area contributed by atoms with Crippen LogP contribution in [0, 0.1) is 5.92 Å². The highest BCUT2D eigenvalue weighted by atomic mass is 31.2. The van der Waals surface area contributed by atoms with Crippen molar-refractivity contribution in [3.8, 4) is 17.2 Å². The smallest absolute Gasteiger partial charge is 0.203 e. The number of hydrogen-bond donors (Lipinski definition) is 3. The average molecular weight is 429 g/mol. The Balaban J connectivity index is 1.92. The molecule has 0 aliphatic heterocycles. The molecule has 0 bridgehead atoms. The number of rotatable bonds is 11. The summed E-state index contributed by atoms with van der Waals surface area (Å²) < 4.78 is 28.7. The minimum absolute atomic E-state index is 0.0710. The topological polar surface area (TPSA) is 97.2 Å². The maximum absolute atomic E-state index is 12.6. The number of aliphatic hydroxyl groups excluding tert-OH is 1. The lowest BCUT2D eigenvalue weighted by molar-refractivity contribution is 0.186. The standard InChI is InChI=1S/C21H36NO6P/c1-15(17-10-19(26-2)21(28-4)20(11-17)27-3)22-12-18(23)14-29(24,25)13-16-8-6-5-7-9-16/h10-11,15-16,18,22-23H,5-9,12-14H2,1-4H3,(H,24,25)/t15?,18-/m0/s1. The zero-order chi connectivity index (χ0) is 21.4. The molecule has 2 rings (SSSR count). The molecular weight excluding hydrogens is 393 g/mol. The van der Waals surface area contributed by atoms with Gasteiger partial charge in [-0.2, -0.15) is 0 Å². The molecule has 0 spiro atoms. The van der Waals surface area contributed by atoms with Crippen molar-refractivity contribution in [3.05, 3.63) is 17.7 Å². The Kier molecular flexibility index (Phi) is 9.28. The number of ether oxygens (including phenoxy) is 3. The van der Waals surface area contributed by atoms with Crippen LogP contribution in [0.5, 0.6) is 17.2 Å². The van der Waals surface area contributed by atoms with Gasteiger partial charge in [0.05, 0.1) is 33.6 Å². The van der Waals surface area contributed by atoms with Crippen molar-refractivity contribution in [2.24, 2.45) is 5.92 Å². The van der Waals surface area contributed by atoms with Gasteiger partial charge in [-0.3, -0.25) is 4.57 Å². The fourth-order valence-corrected chi connectivity index (χ4v) is 6.13. The molecular formula is C21H36NO6P. The lowest BCUT2D eigenvalue weighted by Gasteiger charge is -2.25. The van der Waals surface area contributed by atoms with E-state index in [4.69, 9.17) is 14.2 Å². The minimum atomic E-state index is -3.33. The first kappa shape index (κ1) is 24.0. The van der Waals surface area contributed by atoms with Gasteiger partial charge in [-0.1, -0.05) is 19.3 Å². The zero-order valence-electron chi connectivity index (χ0n) is 18.0. The summed E-state index contributed by atoms with van der Waals surface area (Å²) in [5.74, 6) is 1.96. The molecule has 0 heterocycles. The van der Waals surface area contributed by atoms with Crippen LogP contribution in [0.25, 0.3) is 0 Å². The molecule has 1 aliphatic carbocycles. The first-order valence-electron chi connectivity index (χ1n) is 10.3. The third kappa shape index (κ3) is 7.18. The van der Waals surface area contributed by atoms with Gasteiger partial charge in [-0.05, 0) is 43.4 Å². The largest absolute Gasteiger partial charge is 0.493 e. The van der Waals surface area contributed by atoms with E-state index >= 15 is 0 Å². The molecule has 1 aliphatic rings. The van der Waals surface area contributed by atoms with Gasteiger partial charge in [-0.25, -0.2) is 0 Å². The van der Waals surface area contributed by atoms with Gasteiger partial charge < -0.3 is 29.5 Å². The Morgan fingerprint density at radius 2 is 1.69 bits per heavy atom. The van der Waals surface area contributed by atoms with E-state index < -0.39 is 13.5 Å². The molecule has 3 atom stereocenters. The Morgan fingerprint density at radius 3 is 2.21 bits per heavy atom. The van der Waals surface area contributed by atoms with Crippen molar-refractivity contribution < 1.29 is 28.8 Å². The Bertz CT molecular complexity index is 667. The number of nitrogens with one attached hydrogen (secondary N) is 1. The second kappa shape index (κ2) is 11.2. The summed E-state index contributed by atoms with van der Waals surface area (Å²) in [6, 6.07) is 3.59. The van der Waals surface area contributed by atoms with Crippen LogP contribution in [-0.2, 0) is 4.57 Å². The molecule has 2 unspecified atom stereocenters. The summed E-state index contributed by atoms with van der Waals surface area (Å²) in [5.41, 5.74) is 0.904. The lowest BCUT2D eigenvalue weighted by Crippen LogP contribution is -2.32. The summed E-state index contributed by atoms with van der Waals surface area (Å²) in [5, 5.41) is 13.6. The summed E-state index contributed by atoms with van der Waals surface area (Å²) in [4.78, 5) is 10.3. The first-order chi connectivity index (χ1) is 13.8. The molecule has 1 fully saturated rings. The molecule has 8 heteroatoms. The van der Waals surface area contributed by atoms with Crippen LogP contribution in [0.15, 0.2) is 12.1 Å². The van der Waals surface area contributed by atoms with Crippen LogP contribution in [0.2, 0.25) is 0 Å². The van der Waals surface area contributed by atoms with E-state index in [0.29, 0.717) is 29.3 Å². The fourth-order valence-electron chi connectivity index (χ4n) is 4.02. The van der Waals surface area contributed by atoms with Crippen molar-refractivity contribution in [3.63, 3.8) is 0 Å². The van der Waals surface area contributed by atoms with E-state index in [2.05, 4.69) is 5.32 Å². The van der Waals surface area contributed by atoms with Crippen molar-refractivity contribution in [1.82, 2.24) is 5.32 Å². The van der Waals surface area contributed by atoms with E-state index in [9.17, 15) is 14.6 Å². The molecule has 0 saturated heterocycles. The predicted octanol–water partition coefficient (Wildman–Crippen LogP) is 3.57. The zero-order valence-corrected chi connectivity index (χ0v) is 18.9. The maximum Gasteiger partial charge on any atom is 0.203 e. The van der Waals surface area contributed by atoms with Crippen LogP contribution in [0.4, 0.5) is 0 Å². The first-order valence-corrected chi connectivity index (χ1v) is 12.3. The summed E-state index contributed by atoms with van der Waals surface area (Å²) in [7, 11) is 1.35. The third-order valence-corrected chi connectivity index (χ3v) is 7.69. The second-order valence-corrected chi connectivity index (χ2v) is 10.4. The Labute approximate surface area is 174 Å². The van der Waals surface area contributed by atoms with Crippen molar-refractivity contribution in [1.29, 1.82) is 0 Å². The highest BCUT2D eigenvalue weighted by molar-refractivity contribution is 7.58. The minimum Gasteiger partial charge on any atom is -0.493 e. The number of hydrogen-bond acceptors (Lipinski definition) is 6. The van der Waals surface area contributed by atoms with E-state index in [1.165, 1.54) is 6.42 Å². The van der Waals surface area contributed by atoms with E-state index in [1.54, 1.807) is 21.3 Å². The van der Waals surface area contributed by atoms with Gasteiger partial charge in [0.15, 0.2) is 11.5 Å². The molecule has 1 aromatic carbocycles. The lowest BCUT2D eigenvalue weighted by atomic mass is 9.91. The van der Waals surface area contributed by atoms with Gasteiger partial charge in [0.2, 0.25) is 13.1 Å². The fraction of sp³-hybridized carbons (Fsp3) is 0.714. The average Bonchev–Trinajstić information content (AvgIpc) is 2.70. The van der Waals surface area contributed by atoms with Gasteiger partial charge in [0.25, 0.3) is 0 Å². The van der Waals surface area contributed by atoms with Crippen LogP contribution in [0.1, 0.15) is 50.6 Å².